The number of hydrogen-bond acceptors (Lipinski definition) is 3. The third-order valence-electron chi connectivity index (χ3n) is 2.46. The van der Waals surface area contributed by atoms with Gasteiger partial charge in [-0.1, -0.05) is 12.1 Å². The quantitative estimate of drug-likeness (QED) is 0.804. The van der Waals surface area contributed by atoms with E-state index < -0.39 is 5.97 Å². The van der Waals surface area contributed by atoms with Crippen molar-refractivity contribution in [1.29, 1.82) is 5.26 Å². The molecule has 1 aromatic carbocycles. The van der Waals surface area contributed by atoms with Crippen LogP contribution in [0.1, 0.15) is 12.0 Å². The van der Waals surface area contributed by atoms with E-state index >= 15 is 0 Å². The van der Waals surface area contributed by atoms with E-state index in [2.05, 4.69) is 5.32 Å². The monoisotopic (exact) mass is 273 g/mol. The maximum absolute atomic E-state index is 11.8. The molecule has 0 radical (unpaired) electrons. The molecule has 2 amide bonds. The lowest BCUT2D eigenvalue weighted by atomic mass is 10.2. The van der Waals surface area contributed by atoms with Gasteiger partial charge in [0.25, 0.3) is 0 Å². The van der Waals surface area contributed by atoms with Crippen molar-refractivity contribution in [1.82, 2.24) is 4.90 Å². The second kappa shape index (κ2) is 7.59. The molecule has 0 heterocycles. The minimum Gasteiger partial charge on any atom is -0.478 e. The summed E-state index contributed by atoms with van der Waals surface area (Å²) in [7, 11) is 1.60. The van der Waals surface area contributed by atoms with Crippen LogP contribution >= 0.6 is 0 Å². The molecule has 0 atom stereocenters. The van der Waals surface area contributed by atoms with E-state index in [4.69, 9.17) is 10.4 Å². The average Bonchev–Trinajstić information content (AvgIpc) is 2.42. The normalized spacial score (nSPS) is 10.0. The van der Waals surface area contributed by atoms with E-state index in [9.17, 15) is 9.59 Å². The fraction of sp³-hybridized carbons (Fsp3) is 0.214. The number of anilines is 1. The molecule has 0 aliphatic rings. The number of amides is 2. The van der Waals surface area contributed by atoms with Gasteiger partial charge >= 0.3 is 12.0 Å². The molecule has 0 aromatic heterocycles. The van der Waals surface area contributed by atoms with E-state index in [0.717, 1.165) is 6.08 Å². The predicted octanol–water partition coefficient (Wildman–Crippen LogP) is 2.16. The first-order valence-corrected chi connectivity index (χ1v) is 5.93. The van der Waals surface area contributed by atoms with E-state index in [1.807, 2.05) is 6.07 Å². The molecule has 0 aliphatic heterocycles. The molecule has 0 aliphatic carbocycles. The van der Waals surface area contributed by atoms with Crippen molar-refractivity contribution < 1.29 is 14.7 Å². The zero-order valence-corrected chi connectivity index (χ0v) is 11.0. The minimum absolute atomic E-state index is 0.269. The molecule has 1 aromatic rings. The second-order valence-corrected chi connectivity index (χ2v) is 4.06. The number of carboxylic acids is 1. The maximum Gasteiger partial charge on any atom is 0.328 e. The van der Waals surface area contributed by atoms with Gasteiger partial charge in [-0.05, 0) is 23.8 Å². The van der Waals surface area contributed by atoms with Crippen LogP contribution in [0.15, 0.2) is 30.3 Å². The van der Waals surface area contributed by atoms with Gasteiger partial charge in [-0.3, -0.25) is 0 Å². The number of rotatable bonds is 5. The summed E-state index contributed by atoms with van der Waals surface area (Å²) in [6.07, 6.45) is 2.74. The molecule has 104 valence electrons. The topological polar surface area (TPSA) is 93.4 Å². The molecule has 0 unspecified atom stereocenters. The number of nitriles is 1. The summed E-state index contributed by atoms with van der Waals surface area (Å²) in [6, 6.07) is 8.46. The van der Waals surface area contributed by atoms with Gasteiger partial charge in [0, 0.05) is 25.4 Å². The van der Waals surface area contributed by atoms with Crippen molar-refractivity contribution in [2.75, 3.05) is 18.9 Å². The highest BCUT2D eigenvalue weighted by atomic mass is 16.4. The Hall–Kier alpha value is -2.81. The van der Waals surface area contributed by atoms with Crippen LogP contribution < -0.4 is 5.32 Å². The first-order chi connectivity index (χ1) is 9.52. The first-order valence-electron chi connectivity index (χ1n) is 5.93. The number of carbonyl (C=O) groups excluding carboxylic acids is 1. The lowest BCUT2D eigenvalue weighted by Crippen LogP contribution is -2.31. The Morgan fingerprint density at radius 2 is 2.25 bits per heavy atom. The standard InChI is InChI=1S/C14H15N3O3/c1-17(9-3-8-15)14(20)16-12-5-2-4-11(10-12)6-7-13(18)19/h2,4-7,10H,3,9H2,1H3,(H,16,20)(H,18,19)/b7-6+. The van der Waals surface area contributed by atoms with Gasteiger partial charge in [0.2, 0.25) is 0 Å². The SMILES string of the molecule is CN(CCC#N)C(=O)Nc1cccc(/C=C/C(=O)O)c1. The molecule has 0 bridgehead atoms. The summed E-state index contributed by atoms with van der Waals surface area (Å²) in [4.78, 5) is 23.6. The van der Waals surface area contributed by atoms with Crippen LogP contribution in [0.25, 0.3) is 6.08 Å². The van der Waals surface area contributed by atoms with Crippen LogP contribution in [0.4, 0.5) is 10.5 Å². The van der Waals surface area contributed by atoms with Gasteiger partial charge in [0.15, 0.2) is 0 Å². The van der Waals surface area contributed by atoms with Crippen LogP contribution in [0.3, 0.4) is 0 Å². The fourth-order valence-electron chi connectivity index (χ4n) is 1.43. The average molecular weight is 273 g/mol. The Bertz CT molecular complexity index is 561. The molecular formula is C14H15N3O3. The summed E-state index contributed by atoms with van der Waals surface area (Å²) in [5.74, 6) is -1.03. The van der Waals surface area contributed by atoms with Crippen LogP contribution in [0.2, 0.25) is 0 Å². The highest BCUT2D eigenvalue weighted by Crippen LogP contribution is 2.12. The molecule has 20 heavy (non-hydrogen) atoms. The van der Waals surface area contributed by atoms with Crippen LogP contribution in [-0.2, 0) is 4.79 Å². The number of aliphatic carboxylic acids is 1. The Morgan fingerprint density at radius 1 is 1.50 bits per heavy atom. The van der Waals surface area contributed by atoms with Crippen LogP contribution in [0, 0.1) is 11.3 Å². The van der Waals surface area contributed by atoms with Gasteiger partial charge in [-0.25, -0.2) is 9.59 Å². The van der Waals surface area contributed by atoms with Gasteiger partial charge in [-0.15, -0.1) is 0 Å². The van der Waals surface area contributed by atoms with Crippen molar-refractivity contribution in [2.24, 2.45) is 0 Å². The number of benzene rings is 1. The lowest BCUT2D eigenvalue weighted by molar-refractivity contribution is -0.131. The molecular weight excluding hydrogens is 258 g/mol. The molecule has 2 N–H and O–H groups in total. The summed E-state index contributed by atoms with van der Waals surface area (Å²) < 4.78 is 0. The third-order valence-corrected chi connectivity index (χ3v) is 2.46. The van der Waals surface area contributed by atoms with E-state index in [1.165, 1.54) is 11.0 Å². The largest absolute Gasteiger partial charge is 0.478 e. The van der Waals surface area contributed by atoms with Gasteiger partial charge < -0.3 is 15.3 Å². The number of carbonyl (C=O) groups is 2. The lowest BCUT2D eigenvalue weighted by Gasteiger charge is -2.16. The fourth-order valence-corrected chi connectivity index (χ4v) is 1.43. The molecule has 0 saturated heterocycles. The number of carboxylic acid groups (broad SMARTS) is 1. The zero-order chi connectivity index (χ0) is 15.0. The first kappa shape index (κ1) is 15.2. The van der Waals surface area contributed by atoms with Crippen molar-refractivity contribution >= 4 is 23.8 Å². The van der Waals surface area contributed by atoms with Crippen molar-refractivity contribution in [3.05, 3.63) is 35.9 Å². The summed E-state index contributed by atoms with van der Waals surface area (Å²) in [5, 5.41) is 19.7. The molecule has 0 fully saturated rings. The molecule has 6 heteroatoms. The van der Waals surface area contributed by atoms with Crippen molar-refractivity contribution in [2.45, 2.75) is 6.42 Å². The van der Waals surface area contributed by atoms with Gasteiger partial charge in [0.05, 0.1) is 12.5 Å². The van der Waals surface area contributed by atoms with E-state index in [1.54, 1.807) is 31.3 Å². The van der Waals surface area contributed by atoms with Gasteiger partial charge in [-0.2, -0.15) is 5.26 Å². The van der Waals surface area contributed by atoms with E-state index in [-0.39, 0.29) is 12.5 Å². The molecule has 6 nitrogen and oxygen atoms in total. The van der Waals surface area contributed by atoms with Crippen LogP contribution in [-0.4, -0.2) is 35.6 Å². The van der Waals surface area contributed by atoms with Crippen molar-refractivity contribution in [3.63, 3.8) is 0 Å². The van der Waals surface area contributed by atoms with Gasteiger partial charge in [0.1, 0.15) is 0 Å². The minimum atomic E-state index is -1.03. The summed E-state index contributed by atoms with van der Waals surface area (Å²) in [5.41, 5.74) is 1.23. The molecule has 0 spiro atoms. The molecule has 1 rings (SSSR count). The Labute approximate surface area is 116 Å². The van der Waals surface area contributed by atoms with Crippen molar-refractivity contribution in [3.8, 4) is 6.07 Å². The summed E-state index contributed by atoms with van der Waals surface area (Å²) in [6.45, 7) is 0.348. The third kappa shape index (κ3) is 5.23. The highest BCUT2D eigenvalue weighted by molar-refractivity contribution is 5.90. The Balaban J connectivity index is 2.69. The number of hydrogen-bond donors (Lipinski definition) is 2. The Morgan fingerprint density at radius 3 is 2.90 bits per heavy atom. The summed E-state index contributed by atoms with van der Waals surface area (Å²) >= 11 is 0. The number of nitrogens with zero attached hydrogens (tertiary/aromatic N) is 2. The molecule has 0 saturated carbocycles. The highest BCUT2D eigenvalue weighted by Gasteiger charge is 2.07. The number of urea groups is 1. The number of nitrogens with one attached hydrogen (secondary N) is 1. The Kier molecular flexibility index (Phi) is 5.78. The smallest absolute Gasteiger partial charge is 0.328 e. The predicted molar refractivity (Wildman–Crippen MR) is 75.0 cm³/mol. The maximum atomic E-state index is 11.8. The van der Waals surface area contributed by atoms with Crippen LogP contribution in [0.5, 0.6) is 0 Å². The van der Waals surface area contributed by atoms with E-state index in [0.29, 0.717) is 17.8 Å². The second-order valence-electron chi connectivity index (χ2n) is 4.06. The zero-order valence-electron chi connectivity index (χ0n) is 11.0.